The van der Waals surface area contributed by atoms with Crippen molar-refractivity contribution in [2.24, 2.45) is 0 Å². The van der Waals surface area contributed by atoms with E-state index in [0.717, 1.165) is 70.5 Å². The summed E-state index contributed by atoms with van der Waals surface area (Å²) in [5.74, 6) is 0. The average Bonchev–Trinajstić information content (AvgIpc) is 3.51. The van der Waals surface area contributed by atoms with Gasteiger partial charge < -0.3 is 9.97 Å². The van der Waals surface area contributed by atoms with E-state index < -0.39 is 0 Å². The number of H-pyrrole nitrogens is 2. The van der Waals surface area contributed by atoms with Crippen LogP contribution in [-0.2, 0) is 12.8 Å². The molecule has 2 aliphatic heterocycles. The lowest BCUT2D eigenvalue weighted by Gasteiger charge is -2.00. The van der Waals surface area contributed by atoms with Crippen LogP contribution < -0.4 is 0 Å². The van der Waals surface area contributed by atoms with Crippen molar-refractivity contribution < 1.29 is 0 Å². The fourth-order valence-electron chi connectivity index (χ4n) is 6.02. The molecule has 0 radical (unpaired) electrons. The standard InChI is InChI=1S/C32H38N4/c1-9-21-17(5)25-13-26-19(7)23(11-3)31(35-26)16-32-24(12-4)20(8)28(36-32)14-27-18(6)22(10-2)30(34-27)15-29(21)33-25/h13-16,33,35H,9-12H2,1-8H3. The molecule has 0 aliphatic carbocycles. The molecule has 0 amide bonds. The van der Waals surface area contributed by atoms with Crippen molar-refractivity contribution in [2.75, 3.05) is 0 Å². The van der Waals surface area contributed by atoms with E-state index in [1.54, 1.807) is 0 Å². The van der Waals surface area contributed by atoms with E-state index >= 15 is 0 Å². The molecule has 186 valence electrons. The fraction of sp³-hybridized carbons (Fsp3) is 0.375. The van der Waals surface area contributed by atoms with Gasteiger partial charge in [-0.2, -0.15) is 0 Å². The second kappa shape index (κ2) is 9.24. The molecule has 8 bridgehead atoms. The van der Waals surface area contributed by atoms with Crippen LogP contribution in [0.2, 0.25) is 0 Å². The number of hydrogen-bond donors (Lipinski definition) is 2. The molecule has 4 heteroatoms. The van der Waals surface area contributed by atoms with Gasteiger partial charge in [0.15, 0.2) is 0 Å². The van der Waals surface area contributed by atoms with E-state index in [1.165, 1.54) is 44.5 Å². The molecule has 4 nitrogen and oxygen atoms in total. The van der Waals surface area contributed by atoms with E-state index in [1.807, 2.05) is 0 Å². The Morgan fingerprint density at radius 1 is 0.500 bits per heavy atom. The maximum Gasteiger partial charge on any atom is 0.0693 e. The number of aromatic nitrogens is 4. The Bertz CT molecular complexity index is 1490. The van der Waals surface area contributed by atoms with E-state index in [0.29, 0.717) is 0 Å². The molecule has 5 heterocycles. The van der Waals surface area contributed by atoms with Gasteiger partial charge in [0.1, 0.15) is 0 Å². The van der Waals surface area contributed by atoms with Crippen LogP contribution in [0.15, 0.2) is 24.3 Å². The van der Waals surface area contributed by atoms with Crippen molar-refractivity contribution >= 4 is 44.4 Å². The van der Waals surface area contributed by atoms with Crippen molar-refractivity contribution in [1.82, 2.24) is 19.9 Å². The lowest BCUT2D eigenvalue weighted by Crippen LogP contribution is -1.83. The van der Waals surface area contributed by atoms with Gasteiger partial charge in [0.05, 0.1) is 22.8 Å². The van der Waals surface area contributed by atoms with Crippen LogP contribution in [0.3, 0.4) is 0 Å². The van der Waals surface area contributed by atoms with E-state index in [4.69, 9.17) is 9.97 Å². The second-order valence-electron chi connectivity index (χ2n) is 10.1. The molecule has 3 aromatic rings. The molecule has 0 fully saturated rings. The number of fused-ring (bicyclic) bond motifs is 8. The van der Waals surface area contributed by atoms with Crippen LogP contribution in [0.5, 0.6) is 0 Å². The second-order valence-corrected chi connectivity index (χ2v) is 10.1. The number of aromatic amines is 2. The predicted molar refractivity (Wildman–Crippen MR) is 155 cm³/mol. The zero-order valence-corrected chi connectivity index (χ0v) is 23.0. The summed E-state index contributed by atoms with van der Waals surface area (Å²) < 4.78 is 0. The third kappa shape index (κ3) is 3.75. The Hall–Kier alpha value is -3.40. The monoisotopic (exact) mass is 478 g/mol. The van der Waals surface area contributed by atoms with Crippen molar-refractivity contribution in [2.45, 2.75) is 81.1 Å². The quantitative estimate of drug-likeness (QED) is 0.394. The third-order valence-corrected chi connectivity index (χ3v) is 8.21. The molecular formula is C32H38N4. The highest BCUT2D eigenvalue weighted by Gasteiger charge is 2.20. The number of nitrogens with zero attached hydrogens (tertiary/aromatic N) is 2. The molecule has 0 aromatic carbocycles. The zero-order valence-electron chi connectivity index (χ0n) is 23.0. The lowest BCUT2D eigenvalue weighted by molar-refractivity contribution is 1.14. The predicted octanol–water partition coefficient (Wildman–Crippen LogP) is 8.74. The summed E-state index contributed by atoms with van der Waals surface area (Å²) in [6, 6.07) is 8.98. The number of allylic oxidation sites excluding steroid dienone is 4. The first kappa shape index (κ1) is 24.3. The number of hydrogen-bond acceptors (Lipinski definition) is 2. The van der Waals surface area contributed by atoms with Gasteiger partial charge in [-0.25, -0.2) is 9.97 Å². The third-order valence-electron chi connectivity index (χ3n) is 8.21. The summed E-state index contributed by atoms with van der Waals surface area (Å²) in [6.07, 6.45) is 3.86. The normalized spacial score (nSPS) is 13.8. The van der Waals surface area contributed by atoms with Crippen LogP contribution in [-0.4, -0.2) is 19.9 Å². The Balaban J connectivity index is 2.00. The first-order valence-electron chi connectivity index (χ1n) is 13.4. The van der Waals surface area contributed by atoms with Gasteiger partial charge in [-0.15, -0.1) is 0 Å². The lowest BCUT2D eigenvalue weighted by atomic mass is 10.0. The summed E-state index contributed by atoms with van der Waals surface area (Å²) >= 11 is 0. The van der Waals surface area contributed by atoms with Gasteiger partial charge in [-0.3, -0.25) is 0 Å². The topological polar surface area (TPSA) is 57.4 Å². The molecule has 0 unspecified atom stereocenters. The van der Waals surface area contributed by atoms with Gasteiger partial charge in [0, 0.05) is 22.1 Å². The molecule has 2 N–H and O–H groups in total. The SMILES string of the molecule is CCC1=C(C)c2cc3nc(cc4[nH]c(cc5[nH]c(cc1n2)c(CC)c5C)c(C)c4CC)C(CC)=C3C. The summed E-state index contributed by atoms with van der Waals surface area (Å²) in [4.78, 5) is 17.7. The highest BCUT2D eigenvalue weighted by atomic mass is 14.8. The molecule has 0 atom stereocenters. The van der Waals surface area contributed by atoms with Gasteiger partial charge in [-0.1, -0.05) is 27.7 Å². The van der Waals surface area contributed by atoms with E-state index in [2.05, 4.69) is 89.6 Å². The fourth-order valence-corrected chi connectivity index (χ4v) is 6.02. The van der Waals surface area contributed by atoms with Crippen LogP contribution in [0, 0.1) is 13.8 Å². The smallest absolute Gasteiger partial charge is 0.0693 e. The first-order valence-corrected chi connectivity index (χ1v) is 13.4. The van der Waals surface area contributed by atoms with Crippen LogP contribution in [0.4, 0.5) is 0 Å². The Morgan fingerprint density at radius 2 is 0.917 bits per heavy atom. The Kier molecular flexibility index (Phi) is 6.23. The number of aryl methyl sites for hydroxylation is 4. The van der Waals surface area contributed by atoms with Gasteiger partial charge in [-0.05, 0) is 122 Å². The van der Waals surface area contributed by atoms with Gasteiger partial charge in [0.2, 0.25) is 0 Å². The average molecular weight is 479 g/mol. The molecule has 2 aliphatic rings. The highest BCUT2D eigenvalue weighted by Crippen LogP contribution is 2.36. The van der Waals surface area contributed by atoms with Crippen LogP contribution in [0.25, 0.3) is 44.4 Å². The minimum Gasteiger partial charge on any atom is -0.355 e. The van der Waals surface area contributed by atoms with Crippen molar-refractivity contribution in [3.8, 4) is 0 Å². The summed E-state index contributed by atoms with van der Waals surface area (Å²) in [7, 11) is 0. The van der Waals surface area contributed by atoms with Crippen LogP contribution >= 0.6 is 0 Å². The number of rotatable bonds is 4. The minimum absolute atomic E-state index is 0.954. The van der Waals surface area contributed by atoms with Gasteiger partial charge >= 0.3 is 0 Å². The number of nitrogens with one attached hydrogen (secondary N) is 2. The summed E-state index contributed by atoms with van der Waals surface area (Å²) in [5.41, 5.74) is 19.3. The Morgan fingerprint density at radius 3 is 1.28 bits per heavy atom. The van der Waals surface area contributed by atoms with E-state index in [9.17, 15) is 0 Å². The van der Waals surface area contributed by atoms with Crippen molar-refractivity contribution in [1.29, 1.82) is 0 Å². The molecule has 0 saturated carbocycles. The van der Waals surface area contributed by atoms with Crippen molar-refractivity contribution in [3.63, 3.8) is 0 Å². The van der Waals surface area contributed by atoms with Crippen molar-refractivity contribution in [3.05, 3.63) is 69.3 Å². The largest absolute Gasteiger partial charge is 0.355 e. The Labute approximate surface area is 214 Å². The first-order chi connectivity index (χ1) is 17.3. The maximum atomic E-state index is 5.13. The molecule has 0 saturated heterocycles. The molecular weight excluding hydrogens is 440 g/mol. The highest BCUT2D eigenvalue weighted by molar-refractivity contribution is 5.95. The summed E-state index contributed by atoms with van der Waals surface area (Å²) in [5, 5.41) is 0. The maximum absolute atomic E-state index is 5.13. The van der Waals surface area contributed by atoms with E-state index in [-0.39, 0.29) is 0 Å². The zero-order chi connectivity index (χ0) is 25.7. The van der Waals surface area contributed by atoms with Gasteiger partial charge in [0.25, 0.3) is 0 Å². The summed E-state index contributed by atoms with van der Waals surface area (Å²) in [6.45, 7) is 17.8. The molecule has 36 heavy (non-hydrogen) atoms. The van der Waals surface area contributed by atoms with Crippen LogP contribution in [0.1, 0.15) is 99.4 Å². The minimum atomic E-state index is 0.954. The molecule has 5 rings (SSSR count). The molecule has 0 spiro atoms. The molecule has 3 aromatic heterocycles.